The predicted octanol–water partition coefficient (Wildman–Crippen LogP) is 2.77. The molecule has 21 heavy (non-hydrogen) atoms. The Balaban J connectivity index is 1.92. The fourth-order valence-corrected chi connectivity index (χ4v) is 2.61. The summed E-state index contributed by atoms with van der Waals surface area (Å²) in [4.78, 5) is 29.4. The van der Waals surface area contributed by atoms with Gasteiger partial charge in [0.1, 0.15) is 0 Å². The second-order valence-corrected chi connectivity index (χ2v) is 5.46. The Morgan fingerprint density at radius 1 is 1.43 bits per heavy atom. The summed E-state index contributed by atoms with van der Waals surface area (Å²) >= 11 is 1.32. The molecule has 0 saturated heterocycles. The van der Waals surface area contributed by atoms with Gasteiger partial charge in [0.05, 0.1) is 10.6 Å². The first-order chi connectivity index (χ1) is 10.0. The van der Waals surface area contributed by atoms with Crippen molar-refractivity contribution in [3.63, 3.8) is 0 Å². The van der Waals surface area contributed by atoms with Crippen LogP contribution in [0.25, 0.3) is 0 Å². The highest BCUT2D eigenvalue weighted by molar-refractivity contribution is 7.13. The highest BCUT2D eigenvalue weighted by Gasteiger charge is 2.26. The van der Waals surface area contributed by atoms with Gasteiger partial charge in [-0.1, -0.05) is 0 Å². The third kappa shape index (κ3) is 2.82. The molecule has 1 aliphatic rings. The molecule has 2 N–H and O–H groups in total. The highest BCUT2D eigenvalue weighted by atomic mass is 32.1. The number of anilines is 2. The number of aromatic carboxylic acids is 1. The van der Waals surface area contributed by atoms with Gasteiger partial charge in [-0.2, -0.15) is 0 Å². The van der Waals surface area contributed by atoms with Gasteiger partial charge in [0.2, 0.25) is 5.82 Å². The smallest absolute Gasteiger partial charge is 0.354 e. The minimum absolute atomic E-state index is 0.114. The Hall–Kier alpha value is -2.55. The molecule has 0 bridgehead atoms. The second-order valence-electron chi connectivity index (χ2n) is 4.60. The van der Waals surface area contributed by atoms with Crippen LogP contribution in [0.2, 0.25) is 0 Å². The lowest BCUT2D eigenvalue weighted by molar-refractivity contribution is -0.384. The molecule has 1 saturated carbocycles. The fourth-order valence-electron chi connectivity index (χ4n) is 1.82. The maximum atomic E-state index is 11.0. The van der Waals surface area contributed by atoms with Crippen molar-refractivity contribution in [1.29, 1.82) is 0 Å². The number of rotatable bonds is 5. The summed E-state index contributed by atoms with van der Waals surface area (Å²) in [5, 5.41) is 25.0. The molecule has 0 amide bonds. The molecule has 0 spiro atoms. The van der Waals surface area contributed by atoms with Crippen molar-refractivity contribution >= 4 is 33.9 Å². The number of thiazole rings is 1. The van der Waals surface area contributed by atoms with Crippen LogP contribution in [0, 0.1) is 10.1 Å². The highest BCUT2D eigenvalue weighted by Crippen LogP contribution is 2.41. The van der Waals surface area contributed by atoms with Crippen LogP contribution in [0.15, 0.2) is 17.5 Å². The molecule has 0 aromatic carbocycles. The van der Waals surface area contributed by atoms with Crippen LogP contribution in [-0.2, 0) is 0 Å². The number of nitrogens with zero attached hydrogens (tertiary/aromatic N) is 3. The van der Waals surface area contributed by atoms with Crippen LogP contribution in [0.1, 0.15) is 34.9 Å². The van der Waals surface area contributed by atoms with E-state index in [1.54, 1.807) is 0 Å². The van der Waals surface area contributed by atoms with Crippen molar-refractivity contribution in [2.75, 3.05) is 5.32 Å². The zero-order valence-corrected chi connectivity index (χ0v) is 11.5. The molecule has 1 fully saturated rings. The number of carboxylic acid groups (broad SMARTS) is 1. The lowest BCUT2D eigenvalue weighted by atomic mass is 10.3. The molecule has 0 atom stereocenters. The minimum atomic E-state index is -1.24. The lowest BCUT2D eigenvalue weighted by Gasteiger charge is -2.04. The monoisotopic (exact) mass is 306 g/mol. The molecular weight excluding hydrogens is 296 g/mol. The van der Waals surface area contributed by atoms with Gasteiger partial charge in [-0.3, -0.25) is 10.1 Å². The van der Waals surface area contributed by atoms with Crippen LogP contribution >= 0.6 is 11.3 Å². The molecule has 3 rings (SSSR count). The van der Waals surface area contributed by atoms with E-state index in [4.69, 9.17) is 5.11 Å². The van der Waals surface area contributed by atoms with Crippen molar-refractivity contribution in [2.24, 2.45) is 0 Å². The summed E-state index contributed by atoms with van der Waals surface area (Å²) in [5.41, 5.74) is 0.407. The van der Waals surface area contributed by atoms with E-state index in [-0.39, 0.29) is 17.2 Å². The van der Waals surface area contributed by atoms with E-state index in [1.165, 1.54) is 11.3 Å². The Morgan fingerprint density at radius 2 is 2.19 bits per heavy atom. The van der Waals surface area contributed by atoms with Crippen molar-refractivity contribution in [1.82, 2.24) is 9.97 Å². The van der Waals surface area contributed by atoms with E-state index in [0.717, 1.165) is 30.7 Å². The summed E-state index contributed by atoms with van der Waals surface area (Å²) in [7, 11) is 0. The molecule has 0 aliphatic heterocycles. The fraction of sp³-hybridized carbons (Fsp3) is 0.250. The van der Waals surface area contributed by atoms with Gasteiger partial charge in [0, 0.05) is 17.4 Å². The van der Waals surface area contributed by atoms with E-state index >= 15 is 0 Å². The Kier molecular flexibility index (Phi) is 3.26. The first-order valence-electron chi connectivity index (χ1n) is 6.16. The van der Waals surface area contributed by atoms with Crippen LogP contribution < -0.4 is 5.32 Å². The van der Waals surface area contributed by atoms with E-state index in [9.17, 15) is 14.9 Å². The molecule has 0 unspecified atom stereocenters. The summed E-state index contributed by atoms with van der Waals surface area (Å²) in [6.45, 7) is 0. The zero-order chi connectivity index (χ0) is 15.0. The summed E-state index contributed by atoms with van der Waals surface area (Å²) < 4.78 is 0. The SMILES string of the molecule is O=C(O)c1ccc([N+](=O)[O-])c(Nc2nc(C3CC3)cs2)n1. The van der Waals surface area contributed by atoms with Crippen molar-refractivity contribution < 1.29 is 14.8 Å². The van der Waals surface area contributed by atoms with Gasteiger partial charge < -0.3 is 10.4 Å². The van der Waals surface area contributed by atoms with Crippen LogP contribution in [0.4, 0.5) is 16.6 Å². The molecule has 2 aromatic heterocycles. The van der Waals surface area contributed by atoms with Crippen LogP contribution in [0.5, 0.6) is 0 Å². The number of carboxylic acids is 1. The number of pyridine rings is 1. The van der Waals surface area contributed by atoms with E-state index in [0.29, 0.717) is 11.0 Å². The largest absolute Gasteiger partial charge is 0.477 e. The molecule has 2 heterocycles. The first kappa shape index (κ1) is 13.4. The molecule has 1 aliphatic carbocycles. The quantitative estimate of drug-likeness (QED) is 0.644. The number of carbonyl (C=O) groups is 1. The van der Waals surface area contributed by atoms with Gasteiger partial charge in [-0.05, 0) is 18.9 Å². The van der Waals surface area contributed by atoms with Gasteiger partial charge in [-0.15, -0.1) is 11.3 Å². The number of hydrogen-bond acceptors (Lipinski definition) is 7. The zero-order valence-electron chi connectivity index (χ0n) is 10.6. The van der Waals surface area contributed by atoms with Crippen LogP contribution in [-0.4, -0.2) is 26.0 Å². The molecule has 8 nitrogen and oxygen atoms in total. The number of hydrogen-bond donors (Lipinski definition) is 2. The first-order valence-corrected chi connectivity index (χ1v) is 7.03. The van der Waals surface area contributed by atoms with Crippen LogP contribution in [0.3, 0.4) is 0 Å². The Morgan fingerprint density at radius 3 is 2.81 bits per heavy atom. The average Bonchev–Trinajstić information content (AvgIpc) is 3.19. The molecular formula is C12H10N4O4S. The van der Waals surface area contributed by atoms with Crippen molar-refractivity contribution in [3.05, 3.63) is 39.0 Å². The summed E-state index contributed by atoms with van der Waals surface area (Å²) in [6, 6.07) is 2.22. The second kappa shape index (κ2) is 5.09. The van der Waals surface area contributed by atoms with Gasteiger partial charge in [-0.25, -0.2) is 14.8 Å². The Bertz CT molecular complexity index is 726. The maximum absolute atomic E-state index is 11.0. The number of nitrogens with one attached hydrogen (secondary N) is 1. The van der Waals surface area contributed by atoms with Gasteiger partial charge in [0.15, 0.2) is 10.8 Å². The van der Waals surface area contributed by atoms with Gasteiger partial charge in [0.25, 0.3) is 0 Å². The minimum Gasteiger partial charge on any atom is -0.477 e. The number of aromatic nitrogens is 2. The third-order valence-corrected chi connectivity index (χ3v) is 3.81. The van der Waals surface area contributed by atoms with E-state index in [2.05, 4.69) is 15.3 Å². The summed E-state index contributed by atoms with van der Waals surface area (Å²) in [5.74, 6) is -0.882. The van der Waals surface area contributed by atoms with Crippen molar-refractivity contribution in [2.45, 2.75) is 18.8 Å². The average molecular weight is 306 g/mol. The summed E-state index contributed by atoms with van der Waals surface area (Å²) in [6.07, 6.45) is 2.21. The number of nitro groups is 1. The van der Waals surface area contributed by atoms with Crippen molar-refractivity contribution in [3.8, 4) is 0 Å². The molecule has 9 heteroatoms. The molecule has 2 aromatic rings. The molecule has 0 radical (unpaired) electrons. The van der Waals surface area contributed by atoms with E-state index in [1.807, 2.05) is 5.38 Å². The lowest BCUT2D eigenvalue weighted by Crippen LogP contribution is -2.05. The normalized spacial score (nSPS) is 13.9. The molecule has 108 valence electrons. The maximum Gasteiger partial charge on any atom is 0.354 e. The standard InChI is InChI=1S/C12H10N4O4S/c17-11(18)7-3-4-9(16(19)20)10(13-7)15-12-14-8(5-21-12)6-1-2-6/h3-6H,1-2H2,(H,17,18)(H,13,14,15). The Labute approximate surface area is 122 Å². The topological polar surface area (TPSA) is 118 Å². The third-order valence-electron chi connectivity index (χ3n) is 3.03. The van der Waals surface area contributed by atoms with Gasteiger partial charge >= 0.3 is 11.7 Å². The van der Waals surface area contributed by atoms with E-state index < -0.39 is 10.9 Å². The predicted molar refractivity (Wildman–Crippen MR) is 75.2 cm³/mol.